The molecular weight excluding hydrogens is 270 g/mol. The summed E-state index contributed by atoms with van der Waals surface area (Å²) >= 11 is 0. The molecule has 6 nitrogen and oxygen atoms in total. The highest BCUT2D eigenvalue weighted by Crippen LogP contribution is 2.20. The van der Waals surface area contributed by atoms with Crippen LogP contribution in [-0.4, -0.2) is 40.8 Å². The van der Waals surface area contributed by atoms with Crippen LogP contribution in [0.5, 0.6) is 5.75 Å². The van der Waals surface area contributed by atoms with Gasteiger partial charge in [-0.05, 0) is 26.8 Å². The Balaban J connectivity index is 1.91. The topological polar surface area (TPSA) is 75.4 Å². The van der Waals surface area contributed by atoms with Gasteiger partial charge in [0.15, 0.2) is 0 Å². The number of hydrogen-bond acceptors (Lipinski definition) is 5. The first-order valence-corrected chi connectivity index (χ1v) is 6.88. The molecule has 0 bridgehead atoms. The van der Waals surface area contributed by atoms with E-state index in [0.29, 0.717) is 24.5 Å². The first kappa shape index (κ1) is 15.1. The first-order chi connectivity index (χ1) is 9.87. The fourth-order valence-corrected chi connectivity index (χ4v) is 2.05. The lowest BCUT2D eigenvalue weighted by Gasteiger charge is -2.24. The van der Waals surface area contributed by atoms with Crippen molar-refractivity contribution in [3.8, 4) is 11.8 Å². The van der Waals surface area contributed by atoms with Crippen LogP contribution in [0.1, 0.15) is 32.9 Å². The highest BCUT2D eigenvalue weighted by atomic mass is 16.6. The van der Waals surface area contributed by atoms with Crippen molar-refractivity contribution in [3.05, 3.63) is 24.0 Å². The average Bonchev–Trinajstić information content (AvgIpc) is 2.85. The normalized spacial score (nSPS) is 18.2. The maximum atomic E-state index is 12.0. The van der Waals surface area contributed by atoms with Gasteiger partial charge in [0.2, 0.25) is 0 Å². The molecule has 1 saturated heterocycles. The molecule has 0 N–H and O–H groups in total. The van der Waals surface area contributed by atoms with Gasteiger partial charge in [-0.2, -0.15) is 5.26 Å². The minimum Gasteiger partial charge on any atom is -0.488 e. The molecule has 0 radical (unpaired) electrons. The molecule has 1 aliphatic heterocycles. The van der Waals surface area contributed by atoms with Crippen LogP contribution in [0.3, 0.4) is 0 Å². The summed E-state index contributed by atoms with van der Waals surface area (Å²) in [6, 6.07) is 5.27. The van der Waals surface area contributed by atoms with Gasteiger partial charge in [-0.25, -0.2) is 9.78 Å². The number of nitrogens with zero attached hydrogens (tertiary/aromatic N) is 3. The number of rotatable bonds is 2. The van der Waals surface area contributed by atoms with Crippen LogP contribution < -0.4 is 4.74 Å². The quantitative estimate of drug-likeness (QED) is 0.835. The average molecular weight is 289 g/mol. The Bertz CT molecular complexity index is 560. The number of carbonyl (C=O) groups is 1. The molecule has 21 heavy (non-hydrogen) atoms. The molecule has 2 rings (SSSR count). The SMILES string of the molecule is CC(C)(C)OC(=O)N1CC[C@@H](Oc2ccnc(C#N)c2)C1. The second-order valence-corrected chi connectivity index (χ2v) is 5.94. The minimum absolute atomic E-state index is 0.0912. The highest BCUT2D eigenvalue weighted by Gasteiger charge is 2.30. The number of aromatic nitrogens is 1. The van der Waals surface area contributed by atoms with Crippen molar-refractivity contribution in [3.63, 3.8) is 0 Å². The van der Waals surface area contributed by atoms with Crippen LogP contribution in [0.4, 0.5) is 4.79 Å². The number of ether oxygens (including phenoxy) is 2. The summed E-state index contributed by atoms with van der Waals surface area (Å²) in [5.41, 5.74) is -0.183. The highest BCUT2D eigenvalue weighted by molar-refractivity contribution is 5.68. The molecule has 1 atom stereocenters. The number of likely N-dealkylation sites (tertiary alicyclic amines) is 1. The largest absolute Gasteiger partial charge is 0.488 e. The Morgan fingerprint density at radius 2 is 2.29 bits per heavy atom. The molecule has 0 saturated carbocycles. The van der Waals surface area contributed by atoms with Crippen molar-refractivity contribution in [2.24, 2.45) is 0 Å². The molecular formula is C15H19N3O3. The van der Waals surface area contributed by atoms with Crippen molar-refractivity contribution in [1.29, 1.82) is 5.26 Å². The van der Waals surface area contributed by atoms with Gasteiger partial charge < -0.3 is 14.4 Å². The van der Waals surface area contributed by atoms with Gasteiger partial charge in [-0.1, -0.05) is 0 Å². The van der Waals surface area contributed by atoms with Crippen LogP contribution in [0.2, 0.25) is 0 Å². The standard InChI is InChI=1S/C15H19N3O3/c1-15(2,3)21-14(19)18-7-5-13(10-18)20-12-4-6-17-11(8-12)9-16/h4,6,8,13H,5,7,10H2,1-3H3/t13-/m1/s1. The van der Waals surface area contributed by atoms with Crippen molar-refractivity contribution >= 4 is 6.09 Å². The van der Waals surface area contributed by atoms with E-state index in [2.05, 4.69) is 4.98 Å². The third-order valence-corrected chi connectivity index (χ3v) is 2.95. The van der Waals surface area contributed by atoms with E-state index in [1.807, 2.05) is 26.8 Å². The third-order valence-electron chi connectivity index (χ3n) is 2.95. The van der Waals surface area contributed by atoms with Crippen molar-refractivity contribution in [1.82, 2.24) is 9.88 Å². The summed E-state index contributed by atoms with van der Waals surface area (Å²) in [5, 5.41) is 8.81. The summed E-state index contributed by atoms with van der Waals surface area (Å²) in [5.74, 6) is 0.595. The van der Waals surface area contributed by atoms with Gasteiger partial charge in [-0.3, -0.25) is 0 Å². The predicted molar refractivity (Wildman–Crippen MR) is 75.8 cm³/mol. The molecule has 1 amide bonds. The number of carbonyl (C=O) groups excluding carboxylic acids is 1. The molecule has 1 aromatic rings. The van der Waals surface area contributed by atoms with E-state index < -0.39 is 5.60 Å². The molecule has 0 aliphatic carbocycles. The zero-order chi connectivity index (χ0) is 15.5. The molecule has 1 aromatic heterocycles. The molecule has 0 aromatic carbocycles. The predicted octanol–water partition coefficient (Wildman–Crippen LogP) is 2.34. The lowest BCUT2D eigenvalue weighted by atomic mass is 10.2. The van der Waals surface area contributed by atoms with Crippen LogP contribution in [-0.2, 0) is 4.74 Å². The monoisotopic (exact) mass is 289 g/mol. The number of hydrogen-bond donors (Lipinski definition) is 0. The van der Waals surface area contributed by atoms with E-state index in [9.17, 15) is 4.79 Å². The van der Waals surface area contributed by atoms with Gasteiger partial charge in [0.05, 0.1) is 6.54 Å². The maximum Gasteiger partial charge on any atom is 0.410 e. The van der Waals surface area contributed by atoms with Gasteiger partial charge in [0, 0.05) is 25.2 Å². The fraction of sp³-hybridized carbons (Fsp3) is 0.533. The van der Waals surface area contributed by atoms with Crippen LogP contribution in [0, 0.1) is 11.3 Å². The molecule has 1 aliphatic rings. The Hall–Kier alpha value is -2.29. The van der Waals surface area contributed by atoms with E-state index in [0.717, 1.165) is 6.42 Å². The Morgan fingerprint density at radius 3 is 2.95 bits per heavy atom. The second kappa shape index (κ2) is 6.00. The third kappa shape index (κ3) is 4.35. The van der Waals surface area contributed by atoms with Crippen LogP contribution in [0.15, 0.2) is 18.3 Å². The number of amides is 1. The molecule has 6 heteroatoms. The van der Waals surface area contributed by atoms with Crippen molar-refractivity contribution in [2.45, 2.75) is 38.9 Å². The number of nitriles is 1. The summed E-state index contributed by atoms with van der Waals surface area (Å²) in [6.07, 6.45) is 1.87. The lowest BCUT2D eigenvalue weighted by Crippen LogP contribution is -2.36. The first-order valence-electron chi connectivity index (χ1n) is 6.88. The van der Waals surface area contributed by atoms with Gasteiger partial charge in [0.1, 0.15) is 29.2 Å². The van der Waals surface area contributed by atoms with Gasteiger partial charge >= 0.3 is 6.09 Å². The van der Waals surface area contributed by atoms with Gasteiger partial charge in [-0.15, -0.1) is 0 Å². The van der Waals surface area contributed by atoms with E-state index in [4.69, 9.17) is 14.7 Å². The molecule has 112 valence electrons. The lowest BCUT2D eigenvalue weighted by molar-refractivity contribution is 0.0275. The van der Waals surface area contributed by atoms with E-state index in [-0.39, 0.29) is 12.2 Å². The molecule has 1 fully saturated rings. The molecule has 0 spiro atoms. The van der Waals surface area contributed by atoms with Crippen molar-refractivity contribution < 1.29 is 14.3 Å². The van der Waals surface area contributed by atoms with Crippen molar-refractivity contribution in [2.75, 3.05) is 13.1 Å². The maximum absolute atomic E-state index is 12.0. The second-order valence-electron chi connectivity index (χ2n) is 5.94. The van der Waals surface area contributed by atoms with Crippen LogP contribution >= 0.6 is 0 Å². The van der Waals surface area contributed by atoms with E-state index in [1.165, 1.54) is 6.20 Å². The smallest absolute Gasteiger partial charge is 0.410 e. The Morgan fingerprint density at radius 1 is 1.52 bits per heavy atom. The Kier molecular flexibility index (Phi) is 4.32. The minimum atomic E-state index is -0.497. The summed E-state index contributed by atoms with van der Waals surface area (Å²) in [7, 11) is 0. The summed E-state index contributed by atoms with van der Waals surface area (Å²) in [6.45, 7) is 6.62. The zero-order valence-electron chi connectivity index (χ0n) is 12.5. The zero-order valence-corrected chi connectivity index (χ0v) is 12.5. The Labute approximate surface area is 124 Å². The van der Waals surface area contributed by atoms with E-state index in [1.54, 1.807) is 17.0 Å². The molecule has 0 unspecified atom stereocenters. The van der Waals surface area contributed by atoms with Crippen LogP contribution in [0.25, 0.3) is 0 Å². The number of pyridine rings is 1. The fourth-order valence-electron chi connectivity index (χ4n) is 2.05. The summed E-state index contributed by atoms with van der Waals surface area (Å²) < 4.78 is 11.1. The summed E-state index contributed by atoms with van der Waals surface area (Å²) in [4.78, 5) is 17.5. The molecule has 2 heterocycles. The van der Waals surface area contributed by atoms with E-state index >= 15 is 0 Å². The van der Waals surface area contributed by atoms with Gasteiger partial charge in [0.25, 0.3) is 0 Å².